The van der Waals surface area contributed by atoms with Crippen molar-refractivity contribution in [3.8, 4) is 0 Å². The van der Waals surface area contributed by atoms with Crippen LogP contribution in [-0.4, -0.2) is 14.5 Å². The second kappa shape index (κ2) is 4.94. The fraction of sp³-hybridized carbons (Fsp3) is 0.286. The highest BCUT2D eigenvalue weighted by atomic mass is 35.5. The van der Waals surface area contributed by atoms with Crippen LogP contribution >= 0.6 is 22.9 Å². The number of thiophene rings is 1. The monoisotopic (exact) mass is 291 g/mol. The van der Waals surface area contributed by atoms with Crippen LogP contribution in [0.3, 0.4) is 0 Å². The van der Waals surface area contributed by atoms with Crippen LogP contribution in [0.2, 0.25) is 0 Å². The van der Waals surface area contributed by atoms with Gasteiger partial charge in [0.15, 0.2) is 0 Å². The molecule has 0 radical (unpaired) electrons. The molecule has 19 heavy (non-hydrogen) atoms. The third kappa shape index (κ3) is 2.15. The Morgan fingerprint density at radius 3 is 2.84 bits per heavy atom. The molecule has 0 bridgehead atoms. The van der Waals surface area contributed by atoms with Gasteiger partial charge >= 0.3 is 0 Å². The number of alkyl halides is 1. The van der Waals surface area contributed by atoms with Gasteiger partial charge in [0.25, 0.3) is 0 Å². The highest BCUT2D eigenvalue weighted by molar-refractivity contribution is 7.10. The van der Waals surface area contributed by atoms with Crippen molar-refractivity contribution in [3.63, 3.8) is 0 Å². The first-order valence-electron chi connectivity index (χ1n) is 6.18. The first-order chi connectivity index (χ1) is 9.18. The largest absolute Gasteiger partial charge is 0.318 e. The summed E-state index contributed by atoms with van der Waals surface area (Å²) in [4.78, 5) is 10.0. The van der Waals surface area contributed by atoms with Crippen LogP contribution in [0.1, 0.15) is 36.0 Å². The minimum atomic E-state index is -0.130. The number of pyridine rings is 1. The van der Waals surface area contributed by atoms with Crippen LogP contribution in [0.15, 0.2) is 36.0 Å². The first kappa shape index (κ1) is 12.6. The molecule has 2 unspecified atom stereocenters. The summed E-state index contributed by atoms with van der Waals surface area (Å²) in [6.07, 6.45) is 3.58. The Morgan fingerprint density at radius 1 is 1.32 bits per heavy atom. The molecular weight excluding hydrogens is 278 g/mol. The van der Waals surface area contributed by atoms with Crippen molar-refractivity contribution in [1.29, 1.82) is 0 Å². The van der Waals surface area contributed by atoms with E-state index in [1.54, 1.807) is 23.7 Å². The molecule has 3 rings (SSSR count). The lowest BCUT2D eigenvalue weighted by molar-refractivity contribution is 0.628. The molecule has 3 nitrogen and oxygen atoms in total. The van der Waals surface area contributed by atoms with Crippen molar-refractivity contribution < 1.29 is 0 Å². The Balaban J connectivity index is 2.23. The predicted molar refractivity (Wildman–Crippen MR) is 79.9 cm³/mol. The molecule has 0 saturated heterocycles. The zero-order valence-corrected chi connectivity index (χ0v) is 12.3. The van der Waals surface area contributed by atoms with Crippen LogP contribution < -0.4 is 0 Å². The third-order valence-corrected chi connectivity index (χ3v) is 4.45. The van der Waals surface area contributed by atoms with Gasteiger partial charge in [0.2, 0.25) is 0 Å². The van der Waals surface area contributed by atoms with Gasteiger partial charge in [0, 0.05) is 11.1 Å². The lowest BCUT2D eigenvalue weighted by Crippen LogP contribution is -2.10. The van der Waals surface area contributed by atoms with Crippen LogP contribution in [0.4, 0.5) is 0 Å². The van der Waals surface area contributed by atoms with Crippen molar-refractivity contribution >= 4 is 34.0 Å². The molecule has 0 amide bonds. The van der Waals surface area contributed by atoms with Gasteiger partial charge in [-0.1, -0.05) is 6.07 Å². The predicted octanol–water partition coefficient (Wildman–Crippen LogP) is 4.40. The molecular formula is C14H14ClN3S. The number of aromatic nitrogens is 3. The second-order valence-corrected chi connectivity index (χ2v) is 6.15. The molecule has 0 aliphatic heterocycles. The van der Waals surface area contributed by atoms with Crippen molar-refractivity contribution in [2.24, 2.45) is 0 Å². The number of hydrogen-bond acceptors (Lipinski definition) is 3. The number of fused-ring (bicyclic) bond motifs is 1. The van der Waals surface area contributed by atoms with Crippen LogP contribution in [-0.2, 0) is 0 Å². The Kier molecular flexibility index (Phi) is 3.29. The van der Waals surface area contributed by atoms with Gasteiger partial charge in [-0.25, -0.2) is 4.98 Å². The van der Waals surface area contributed by atoms with E-state index in [-0.39, 0.29) is 11.4 Å². The van der Waals surface area contributed by atoms with Gasteiger partial charge in [-0.05, 0) is 31.4 Å². The fourth-order valence-electron chi connectivity index (χ4n) is 2.31. The highest BCUT2D eigenvalue weighted by Crippen LogP contribution is 2.32. The smallest absolute Gasteiger partial charge is 0.128 e. The molecule has 3 heterocycles. The molecule has 3 aromatic heterocycles. The van der Waals surface area contributed by atoms with E-state index in [2.05, 4.69) is 39.0 Å². The SMILES string of the molecule is CC(Cl)c1nc2cnccc2n1C(C)c1cccs1. The summed E-state index contributed by atoms with van der Waals surface area (Å²) in [5, 5.41) is 1.96. The minimum Gasteiger partial charge on any atom is -0.318 e. The molecule has 0 aromatic carbocycles. The van der Waals surface area contributed by atoms with Crippen molar-refractivity contribution in [1.82, 2.24) is 14.5 Å². The number of rotatable bonds is 3. The van der Waals surface area contributed by atoms with Gasteiger partial charge in [-0.3, -0.25) is 4.98 Å². The average molecular weight is 292 g/mol. The standard InChI is InChI=1S/C14H14ClN3S/c1-9(15)14-17-11-8-16-6-5-12(11)18(14)10(2)13-4-3-7-19-13/h3-10H,1-2H3. The summed E-state index contributed by atoms with van der Waals surface area (Å²) >= 11 is 8.04. The van der Waals surface area contributed by atoms with Gasteiger partial charge < -0.3 is 4.57 Å². The summed E-state index contributed by atoms with van der Waals surface area (Å²) < 4.78 is 2.21. The number of hydrogen-bond donors (Lipinski definition) is 0. The molecule has 0 spiro atoms. The van der Waals surface area contributed by atoms with E-state index in [0.29, 0.717) is 0 Å². The van der Waals surface area contributed by atoms with E-state index < -0.39 is 0 Å². The summed E-state index contributed by atoms with van der Waals surface area (Å²) in [7, 11) is 0. The van der Waals surface area contributed by atoms with E-state index in [4.69, 9.17) is 11.6 Å². The lowest BCUT2D eigenvalue weighted by Gasteiger charge is -2.17. The lowest BCUT2D eigenvalue weighted by atomic mass is 10.2. The van der Waals surface area contributed by atoms with Crippen LogP contribution in [0, 0.1) is 0 Å². The molecule has 98 valence electrons. The maximum Gasteiger partial charge on any atom is 0.128 e. The molecule has 3 aromatic rings. The van der Waals surface area contributed by atoms with E-state index in [0.717, 1.165) is 16.9 Å². The topological polar surface area (TPSA) is 30.7 Å². The Morgan fingerprint density at radius 2 is 2.16 bits per heavy atom. The second-order valence-electron chi connectivity index (χ2n) is 4.51. The zero-order valence-electron chi connectivity index (χ0n) is 10.7. The van der Waals surface area contributed by atoms with E-state index in [9.17, 15) is 0 Å². The number of nitrogens with zero attached hydrogens (tertiary/aromatic N) is 3. The fourth-order valence-corrected chi connectivity index (χ4v) is 3.24. The summed E-state index contributed by atoms with van der Waals surface area (Å²) in [6.45, 7) is 4.13. The zero-order chi connectivity index (χ0) is 13.4. The van der Waals surface area contributed by atoms with Gasteiger partial charge in [0.1, 0.15) is 11.3 Å². The summed E-state index contributed by atoms with van der Waals surface area (Å²) in [5.41, 5.74) is 1.98. The molecule has 0 N–H and O–H groups in total. The van der Waals surface area contributed by atoms with E-state index >= 15 is 0 Å². The Bertz CT molecular complexity index is 688. The van der Waals surface area contributed by atoms with Crippen LogP contribution in [0.5, 0.6) is 0 Å². The number of imidazole rings is 1. The van der Waals surface area contributed by atoms with E-state index in [1.165, 1.54) is 4.88 Å². The maximum absolute atomic E-state index is 6.28. The minimum absolute atomic E-state index is 0.130. The average Bonchev–Trinajstić information content (AvgIpc) is 3.05. The third-order valence-electron chi connectivity index (χ3n) is 3.22. The van der Waals surface area contributed by atoms with Gasteiger partial charge in [-0.15, -0.1) is 22.9 Å². The first-order valence-corrected chi connectivity index (χ1v) is 7.49. The molecule has 2 atom stereocenters. The van der Waals surface area contributed by atoms with Crippen molar-refractivity contribution in [3.05, 3.63) is 46.7 Å². The molecule has 0 fully saturated rings. The summed E-state index contributed by atoms with van der Waals surface area (Å²) in [6, 6.07) is 6.44. The highest BCUT2D eigenvalue weighted by Gasteiger charge is 2.20. The quantitative estimate of drug-likeness (QED) is 0.670. The maximum atomic E-state index is 6.28. The normalized spacial score (nSPS) is 14.7. The molecule has 0 saturated carbocycles. The van der Waals surface area contributed by atoms with E-state index in [1.807, 2.05) is 13.0 Å². The molecule has 5 heteroatoms. The number of halogens is 1. The summed E-state index contributed by atoms with van der Waals surface area (Å²) in [5.74, 6) is 0.894. The van der Waals surface area contributed by atoms with Crippen molar-refractivity contribution in [2.45, 2.75) is 25.3 Å². The van der Waals surface area contributed by atoms with Crippen molar-refractivity contribution in [2.75, 3.05) is 0 Å². The van der Waals surface area contributed by atoms with Gasteiger partial charge in [-0.2, -0.15) is 0 Å². The molecule has 0 aliphatic rings. The molecule has 0 aliphatic carbocycles. The van der Waals surface area contributed by atoms with Gasteiger partial charge in [0.05, 0.1) is 23.1 Å². The van der Waals surface area contributed by atoms with Crippen LogP contribution in [0.25, 0.3) is 11.0 Å². The Labute approximate surface area is 120 Å². The Hall–Kier alpha value is -1.39.